The van der Waals surface area contributed by atoms with E-state index in [0.29, 0.717) is 15.4 Å². The molecular formula is C17H10Cl2O4. The van der Waals surface area contributed by atoms with Crippen LogP contribution >= 0.6 is 23.2 Å². The first-order chi connectivity index (χ1) is 11.0. The van der Waals surface area contributed by atoms with Crippen LogP contribution in [0.15, 0.2) is 57.7 Å². The second-order valence-corrected chi connectivity index (χ2v) is 5.69. The van der Waals surface area contributed by atoms with E-state index in [4.69, 9.17) is 32.4 Å². The number of carbonyl (C=O) groups is 1. The van der Waals surface area contributed by atoms with Crippen LogP contribution in [0.1, 0.15) is 16.1 Å². The van der Waals surface area contributed by atoms with E-state index in [1.165, 1.54) is 12.1 Å². The molecule has 116 valence electrons. The van der Waals surface area contributed by atoms with E-state index in [1.54, 1.807) is 30.3 Å². The van der Waals surface area contributed by atoms with Crippen molar-refractivity contribution in [1.82, 2.24) is 0 Å². The Balaban J connectivity index is 1.82. The first-order valence-corrected chi connectivity index (χ1v) is 7.43. The lowest BCUT2D eigenvalue weighted by atomic mass is 10.2. The Morgan fingerprint density at radius 3 is 2.43 bits per heavy atom. The number of hydrogen-bond donors (Lipinski definition) is 0. The van der Waals surface area contributed by atoms with Gasteiger partial charge in [0, 0.05) is 16.1 Å². The van der Waals surface area contributed by atoms with Crippen LogP contribution in [0.4, 0.5) is 0 Å². The summed E-state index contributed by atoms with van der Waals surface area (Å²) in [7, 11) is 0. The second kappa shape index (κ2) is 6.44. The molecule has 6 heteroatoms. The van der Waals surface area contributed by atoms with Gasteiger partial charge in [0.2, 0.25) is 5.76 Å². The van der Waals surface area contributed by atoms with Crippen molar-refractivity contribution in [3.05, 3.63) is 80.1 Å². The molecule has 0 fully saturated rings. The Labute approximate surface area is 141 Å². The van der Waals surface area contributed by atoms with Gasteiger partial charge in [0.15, 0.2) is 5.43 Å². The van der Waals surface area contributed by atoms with Crippen LogP contribution in [-0.2, 0) is 11.3 Å². The molecule has 2 aromatic carbocycles. The lowest BCUT2D eigenvalue weighted by Crippen LogP contribution is -2.10. The molecule has 4 nitrogen and oxygen atoms in total. The normalized spacial score (nSPS) is 10.7. The zero-order valence-electron chi connectivity index (χ0n) is 11.7. The van der Waals surface area contributed by atoms with Gasteiger partial charge in [0.05, 0.1) is 5.39 Å². The maximum absolute atomic E-state index is 12.0. The van der Waals surface area contributed by atoms with Crippen LogP contribution < -0.4 is 5.43 Å². The number of halogens is 2. The second-order valence-electron chi connectivity index (χ2n) is 4.82. The van der Waals surface area contributed by atoms with Crippen LogP contribution in [-0.4, -0.2) is 5.97 Å². The molecular weight excluding hydrogens is 339 g/mol. The summed E-state index contributed by atoms with van der Waals surface area (Å²) >= 11 is 11.6. The van der Waals surface area contributed by atoms with Crippen molar-refractivity contribution in [2.24, 2.45) is 0 Å². The highest BCUT2D eigenvalue weighted by Crippen LogP contribution is 2.18. The number of rotatable bonds is 3. The molecule has 3 rings (SSSR count). The van der Waals surface area contributed by atoms with Gasteiger partial charge in [-0.1, -0.05) is 35.3 Å². The molecule has 0 N–H and O–H groups in total. The van der Waals surface area contributed by atoms with E-state index in [1.807, 2.05) is 0 Å². The van der Waals surface area contributed by atoms with Crippen molar-refractivity contribution in [3.63, 3.8) is 0 Å². The van der Waals surface area contributed by atoms with E-state index in [2.05, 4.69) is 0 Å². The molecule has 1 heterocycles. The summed E-state index contributed by atoms with van der Waals surface area (Å²) in [5.41, 5.74) is 0.699. The average molecular weight is 349 g/mol. The molecule has 0 aliphatic heterocycles. The number of esters is 1. The van der Waals surface area contributed by atoms with Crippen LogP contribution in [0, 0.1) is 0 Å². The van der Waals surface area contributed by atoms with Gasteiger partial charge in [-0.2, -0.15) is 0 Å². The Kier molecular flexibility index (Phi) is 4.37. The molecule has 1 aromatic heterocycles. The van der Waals surface area contributed by atoms with Crippen molar-refractivity contribution in [3.8, 4) is 0 Å². The molecule has 0 saturated carbocycles. The number of carbonyl (C=O) groups excluding carboxylic acids is 1. The molecule has 0 aliphatic rings. The van der Waals surface area contributed by atoms with Crippen molar-refractivity contribution in [2.75, 3.05) is 0 Å². The van der Waals surface area contributed by atoms with Gasteiger partial charge in [0.25, 0.3) is 0 Å². The first-order valence-electron chi connectivity index (χ1n) is 6.68. The van der Waals surface area contributed by atoms with Gasteiger partial charge >= 0.3 is 5.97 Å². The summed E-state index contributed by atoms with van der Waals surface area (Å²) in [6.45, 7) is 0.0539. The summed E-state index contributed by atoms with van der Waals surface area (Å²) in [5, 5.41) is 1.33. The summed E-state index contributed by atoms with van der Waals surface area (Å²) in [6, 6.07) is 12.6. The Hall–Kier alpha value is -2.30. The summed E-state index contributed by atoms with van der Waals surface area (Å²) in [5.74, 6) is -0.868. The number of hydrogen-bond acceptors (Lipinski definition) is 4. The highest BCUT2D eigenvalue weighted by atomic mass is 35.5. The zero-order valence-corrected chi connectivity index (χ0v) is 13.2. The predicted molar refractivity (Wildman–Crippen MR) is 88.1 cm³/mol. The van der Waals surface area contributed by atoms with Crippen molar-refractivity contribution in [2.45, 2.75) is 6.61 Å². The monoisotopic (exact) mass is 348 g/mol. The van der Waals surface area contributed by atoms with Crippen LogP contribution in [0.3, 0.4) is 0 Å². The van der Waals surface area contributed by atoms with Crippen LogP contribution in [0.5, 0.6) is 0 Å². The fourth-order valence-electron chi connectivity index (χ4n) is 2.03. The summed E-state index contributed by atoms with van der Waals surface area (Å²) < 4.78 is 10.6. The fourth-order valence-corrected chi connectivity index (χ4v) is 2.33. The number of ether oxygens (including phenoxy) is 1. The molecule has 0 bridgehead atoms. The first kappa shape index (κ1) is 15.6. The van der Waals surface area contributed by atoms with Crippen molar-refractivity contribution >= 4 is 40.1 Å². The Bertz CT molecular complexity index is 929. The number of benzene rings is 2. The van der Waals surface area contributed by atoms with E-state index in [-0.39, 0.29) is 23.4 Å². The van der Waals surface area contributed by atoms with Gasteiger partial charge in [0.1, 0.15) is 12.2 Å². The van der Waals surface area contributed by atoms with E-state index in [9.17, 15) is 9.59 Å². The molecule has 0 amide bonds. The molecule has 0 radical (unpaired) electrons. The van der Waals surface area contributed by atoms with Crippen molar-refractivity contribution in [1.29, 1.82) is 0 Å². The minimum Gasteiger partial charge on any atom is -0.455 e. The maximum atomic E-state index is 12.0. The molecule has 3 aromatic rings. The molecule has 0 aliphatic carbocycles. The summed E-state index contributed by atoms with van der Waals surface area (Å²) in [6.07, 6.45) is 0. The average Bonchev–Trinajstić information content (AvgIpc) is 2.54. The predicted octanol–water partition coefficient (Wildman–Crippen LogP) is 4.46. The van der Waals surface area contributed by atoms with E-state index < -0.39 is 5.97 Å². The van der Waals surface area contributed by atoms with Gasteiger partial charge in [-0.05, 0) is 35.9 Å². The smallest absolute Gasteiger partial charge is 0.374 e. The van der Waals surface area contributed by atoms with Gasteiger partial charge < -0.3 is 9.15 Å². The molecule has 0 atom stereocenters. The third kappa shape index (κ3) is 3.55. The molecule has 0 saturated heterocycles. The quantitative estimate of drug-likeness (QED) is 0.655. The third-order valence-electron chi connectivity index (χ3n) is 3.17. The zero-order chi connectivity index (χ0) is 16.4. The van der Waals surface area contributed by atoms with Crippen molar-refractivity contribution < 1.29 is 13.9 Å². The largest absolute Gasteiger partial charge is 0.455 e. The van der Waals surface area contributed by atoms with Gasteiger partial charge in [-0.3, -0.25) is 4.79 Å². The lowest BCUT2D eigenvalue weighted by molar-refractivity contribution is 0.0436. The third-order valence-corrected chi connectivity index (χ3v) is 3.66. The topological polar surface area (TPSA) is 56.5 Å². The highest BCUT2D eigenvalue weighted by molar-refractivity contribution is 6.31. The minimum absolute atomic E-state index is 0.0539. The SMILES string of the molecule is O=C(OCc1ccc(Cl)cc1)c1cc(=O)c2cc(Cl)ccc2o1. The van der Waals surface area contributed by atoms with Gasteiger partial charge in [-0.25, -0.2) is 4.79 Å². The van der Waals surface area contributed by atoms with E-state index in [0.717, 1.165) is 11.6 Å². The lowest BCUT2D eigenvalue weighted by Gasteiger charge is -2.05. The van der Waals surface area contributed by atoms with Crippen LogP contribution in [0.2, 0.25) is 10.0 Å². The Morgan fingerprint density at radius 2 is 1.70 bits per heavy atom. The Morgan fingerprint density at radius 1 is 1.00 bits per heavy atom. The number of fused-ring (bicyclic) bond motifs is 1. The summed E-state index contributed by atoms with van der Waals surface area (Å²) in [4.78, 5) is 24.1. The molecule has 0 unspecified atom stereocenters. The van der Waals surface area contributed by atoms with Gasteiger partial charge in [-0.15, -0.1) is 0 Å². The van der Waals surface area contributed by atoms with Crippen LogP contribution in [0.25, 0.3) is 11.0 Å². The minimum atomic E-state index is -0.714. The molecule has 23 heavy (non-hydrogen) atoms. The van der Waals surface area contributed by atoms with E-state index >= 15 is 0 Å². The standard InChI is InChI=1S/C17H10Cl2O4/c18-11-3-1-10(2-4-11)9-22-17(21)16-8-14(20)13-7-12(19)5-6-15(13)23-16/h1-8H,9H2. The maximum Gasteiger partial charge on any atom is 0.374 e. The molecule has 0 spiro atoms. The highest BCUT2D eigenvalue weighted by Gasteiger charge is 2.14. The fraction of sp³-hybridized carbons (Fsp3) is 0.0588.